The van der Waals surface area contributed by atoms with Crippen LogP contribution in [0.25, 0.3) is 0 Å². The number of rotatable bonds is 9. The van der Waals surface area contributed by atoms with Gasteiger partial charge in [-0.3, -0.25) is 9.10 Å². The molecule has 0 fully saturated rings. The summed E-state index contributed by atoms with van der Waals surface area (Å²) in [7, 11) is -3.58. The molecule has 9 heteroatoms. The number of ether oxygens (including phenoxy) is 3. The molecular formula is C27H30N2O6S. The fraction of sp³-hybridized carbons (Fsp3) is 0.296. The van der Waals surface area contributed by atoms with Crippen LogP contribution < -0.4 is 23.8 Å². The van der Waals surface area contributed by atoms with Gasteiger partial charge in [-0.15, -0.1) is 0 Å². The summed E-state index contributed by atoms with van der Waals surface area (Å²) in [5.41, 5.74) is 2.59. The van der Waals surface area contributed by atoms with E-state index >= 15 is 0 Å². The topological polar surface area (TPSA) is 94.2 Å². The normalized spacial score (nSPS) is 13.5. The van der Waals surface area contributed by atoms with Crippen molar-refractivity contribution in [1.29, 1.82) is 0 Å². The Labute approximate surface area is 211 Å². The van der Waals surface area contributed by atoms with Gasteiger partial charge in [-0.25, -0.2) is 8.42 Å². The van der Waals surface area contributed by atoms with Crippen molar-refractivity contribution in [2.45, 2.75) is 26.4 Å². The quantitative estimate of drug-likeness (QED) is 0.461. The molecule has 1 N–H and O–H groups in total. The number of sulfonamides is 1. The third-order valence-electron chi connectivity index (χ3n) is 5.79. The van der Waals surface area contributed by atoms with Crippen LogP contribution in [0.2, 0.25) is 0 Å². The highest BCUT2D eigenvalue weighted by atomic mass is 32.2. The van der Waals surface area contributed by atoms with Crippen molar-refractivity contribution in [3.05, 3.63) is 83.4 Å². The second-order valence-corrected chi connectivity index (χ2v) is 10.4. The molecule has 0 saturated heterocycles. The number of fused-ring (bicyclic) bond motifs is 1. The third kappa shape index (κ3) is 5.91. The van der Waals surface area contributed by atoms with Gasteiger partial charge in [-0.05, 0) is 61.4 Å². The highest BCUT2D eigenvalue weighted by Crippen LogP contribution is 2.33. The lowest BCUT2D eigenvalue weighted by molar-refractivity contribution is 0.0939. The van der Waals surface area contributed by atoms with E-state index in [0.717, 1.165) is 17.4 Å². The van der Waals surface area contributed by atoms with Gasteiger partial charge in [0.15, 0.2) is 11.5 Å². The van der Waals surface area contributed by atoms with Crippen molar-refractivity contribution in [1.82, 2.24) is 5.32 Å². The molecule has 3 aromatic carbocycles. The van der Waals surface area contributed by atoms with E-state index in [4.69, 9.17) is 14.2 Å². The van der Waals surface area contributed by atoms with Crippen LogP contribution in [0.5, 0.6) is 17.2 Å². The Morgan fingerprint density at radius 1 is 1.03 bits per heavy atom. The van der Waals surface area contributed by atoms with Crippen LogP contribution >= 0.6 is 0 Å². The average Bonchev–Trinajstić information content (AvgIpc) is 2.87. The van der Waals surface area contributed by atoms with Gasteiger partial charge in [0.05, 0.1) is 31.1 Å². The van der Waals surface area contributed by atoms with Gasteiger partial charge in [0.1, 0.15) is 19.0 Å². The Morgan fingerprint density at radius 3 is 2.42 bits per heavy atom. The maximum atomic E-state index is 12.9. The first-order valence-electron chi connectivity index (χ1n) is 11.7. The highest BCUT2D eigenvalue weighted by Gasteiger charge is 2.22. The molecule has 0 unspecified atom stereocenters. The Morgan fingerprint density at radius 2 is 1.72 bits per heavy atom. The first-order valence-corrected chi connectivity index (χ1v) is 13.6. The summed E-state index contributed by atoms with van der Waals surface area (Å²) in [6.07, 6.45) is 1.16. The van der Waals surface area contributed by atoms with Crippen LogP contribution in [-0.4, -0.2) is 40.4 Å². The van der Waals surface area contributed by atoms with Crippen LogP contribution in [0, 0.1) is 0 Å². The first kappa shape index (κ1) is 25.4. The van der Waals surface area contributed by atoms with Crippen LogP contribution in [0.4, 0.5) is 5.69 Å². The zero-order valence-corrected chi connectivity index (χ0v) is 21.4. The predicted molar refractivity (Wildman–Crippen MR) is 138 cm³/mol. The summed E-state index contributed by atoms with van der Waals surface area (Å²) in [4.78, 5) is 12.9. The summed E-state index contributed by atoms with van der Waals surface area (Å²) in [6, 6.07) is 19.3. The Balaban J connectivity index is 1.46. The summed E-state index contributed by atoms with van der Waals surface area (Å²) in [5, 5.41) is 2.99. The summed E-state index contributed by atoms with van der Waals surface area (Å²) < 4.78 is 43.3. The molecule has 8 nitrogen and oxygen atoms in total. The molecule has 0 aromatic heterocycles. The maximum absolute atomic E-state index is 12.9. The third-order valence-corrected chi connectivity index (χ3v) is 6.92. The van der Waals surface area contributed by atoms with E-state index in [1.807, 2.05) is 32.0 Å². The fourth-order valence-corrected chi connectivity index (χ4v) is 4.83. The van der Waals surface area contributed by atoms with E-state index in [1.54, 1.807) is 48.5 Å². The lowest BCUT2D eigenvalue weighted by Crippen LogP contribution is -2.30. The van der Waals surface area contributed by atoms with Crippen molar-refractivity contribution in [3.63, 3.8) is 0 Å². The van der Waals surface area contributed by atoms with E-state index < -0.39 is 10.0 Å². The second kappa shape index (κ2) is 10.9. The Bertz CT molecular complexity index is 1320. The van der Waals surface area contributed by atoms with Crippen molar-refractivity contribution in [2.24, 2.45) is 0 Å². The number of hydrogen-bond acceptors (Lipinski definition) is 6. The van der Waals surface area contributed by atoms with Gasteiger partial charge >= 0.3 is 0 Å². The lowest BCUT2D eigenvalue weighted by atomic mass is 10.1. The molecule has 3 aromatic rings. The number of anilines is 1. The number of para-hydroxylation sites is 2. The molecule has 0 spiro atoms. The smallest absolute Gasteiger partial charge is 0.251 e. The van der Waals surface area contributed by atoms with E-state index in [9.17, 15) is 13.2 Å². The summed E-state index contributed by atoms with van der Waals surface area (Å²) in [5.74, 6) is 1.64. The summed E-state index contributed by atoms with van der Waals surface area (Å²) in [6.45, 7) is 5.30. The highest BCUT2D eigenvalue weighted by molar-refractivity contribution is 7.92. The molecule has 0 saturated carbocycles. The number of nitrogens with zero attached hydrogens (tertiary/aromatic N) is 1. The van der Waals surface area contributed by atoms with Gasteiger partial charge < -0.3 is 19.5 Å². The minimum atomic E-state index is -3.58. The maximum Gasteiger partial charge on any atom is 0.251 e. The molecule has 1 aliphatic heterocycles. The van der Waals surface area contributed by atoms with E-state index in [2.05, 4.69) is 5.32 Å². The Hall–Kier alpha value is -3.72. The minimum Gasteiger partial charge on any atom is -0.492 e. The van der Waals surface area contributed by atoms with Crippen LogP contribution in [0.3, 0.4) is 0 Å². The molecule has 1 amide bonds. The van der Waals surface area contributed by atoms with Crippen molar-refractivity contribution in [2.75, 3.05) is 30.4 Å². The van der Waals surface area contributed by atoms with Gasteiger partial charge in [0.2, 0.25) is 10.0 Å². The number of carbonyl (C=O) groups excluding carboxylic acids is 1. The standard InChI is InChI=1S/C27H30N2O6S/c1-4-33-24-8-6-5-7-23(24)29(36(3,31)32)18-20-9-11-21(12-10-20)27(30)28-19(2)22-13-14-25-26(17-22)35-16-15-34-25/h5-14,17,19H,4,15-16,18H2,1-3H3,(H,28,30)/t19-/m0/s1. The molecule has 1 aliphatic rings. The number of nitrogens with one attached hydrogen (secondary N) is 1. The lowest BCUT2D eigenvalue weighted by Gasteiger charge is -2.25. The molecule has 190 valence electrons. The first-order chi connectivity index (χ1) is 17.3. The summed E-state index contributed by atoms with van der Waals surface area (Å²) >= 11 is 0. The second-order valence-electron chi connectivity index (χ2n) is 8.47. The number of benzene rings is 3. The zero-order chi connectivity index (χ0) is 25.7. The van der Waals surface area contributed by atoms with Crippen molar-refractivity contribution < 1.29 is 27.4 Å². The molecular weight excluding hydrogens is 480 g/mol. The van der Waals surface area contributed by atoms with Gasteiger partial charge in [-0.2, -0.15) is 0 Å². The monoisotopic (exact) mass is 510 g/mol. The number of carbonyl (C=O) groups is 1. The predicted octanol–water partition coefficient (Wildman–Crippen LogP) is 4.31. The van der Waals surface area contributed by atoms with E-state index in [1.165, 1.54) is 4.31 Å². The van der Waals surface area contributed by atoms with Crippen molar-refractivity contribution in [3.8, 4) is 17.2 Å². The fourth-order valence-electron chi connectivity index (χ4n) is 3.94. The minimum absolute atomic E-state index is 0.110. The number of hydrogen-bond donors (Lipinski definition) is 1. The largest absolute Gasteiger partial charge is 0.492 e. The molecule has 1 atom stereocenters. The van der Waals surface area contributed by atoms with Crippen molar-refractivity contribution >= 4 is 21.6 Å². The van der Waals surface area contributed by atoms with Crippen LogP contribution in [-0.2, 0) is 16.6 Å². The zero-order valence-electron chi connectivity index (χ0n) is 20.6. The van der Waals surface area contributed by atoms with Crippen LogP contribution in [0.1, 0.15) is 41.4 Å². The molecule has 4 rings (SSSR count). The molecule has 0 bridgehead atoms. The van der Waals surface area contributed by atoms with E-state index in [-0.39, 0.29) is 18.5 Å². The van der Waals surface area contributed by atoms with E-state index in [0.29, 0.717) is 48.3 Å². The molecule has 36 heavy (non-hydrogen) atoms. The molecule has 0 aliphatic carbocycles. The molecule has 0 radical (unpaired) electrons. The SMILES string of the molecule is CCOc1ccccc1N(Cc1ccc(C(=O)N[C@@H](C)c2ccc3c(c2)OCCO3)cc1)S(C)(=O)=O. The van der Waals surface area contributed by atoms with Gasteiger partial charge in [-0.1, -0.05) is 30.3 Å². The Kier molecular flexibility index (Phi) is 7.69. The average molecular weight is 511 g/mol. The van der Waals surface area contributed by atoms with Gasteiger partial charge in [0.25, 0.3) is 5.91 Å². The number of amides is 1. The molecule has 1 heterocycles. The van der Waals surface area contributed by atoms with Crippen LogP contribution in [0.15, 0.2) is 66.7 Å². The van der Waals surface area contributed by atoms with Gasteiger partial charge in [0, 0.05) is 5.56 Å².